The van der Waals surface area contributed by atoms with Crippen molar-refractivity contribution in [1.82, 2.24) is 0 Å². The van der Waals surface area contributed by atoms with Crippen molar-refractivity contribution in [3.8, 4) is 0 Å². The van der Waals surface area contributed by atoms with Gasteiger partial charge in [-0.1, -0.05) is 50.0 Å². The maximum atomic E-state index is 4.42. The average molecular weight is 237 g/mol. The number of aliphatic imine (C=N–C) groups is 1. The molecular weight excluding hydrogens is 218 g/mol. The molecule has 0 radical (unpaired) electrons. The first-order valence-electron chi connectivity index (χ1n) is 5.27. The largest absolute Gasteiger partial charge is 0.292 e. The maximum Gasteiger partial charge on any atom is 0.108 e. The summed E-state index contributed by atoms with van der Waals surface area (Å²) >= 11 is 2.09. The minimum atomic E-state index is -0.944. The van der Waals surface area contributed by atoms with Crippen molar-refractivity contribution in [3.05, 3.63) is 35.9 Å². The zero-order valence-corrected chi connectivity index (χ0v) is 11.6. The summed E-state index contributed by atoms with van der Waals surface area (Å²) in [5.41, 5.74) is 1.19. The SMILES string of the molecule is C[Si](C)(C)SCCN=Cc1ccccc1. The Hall–Kier alpha value is -0.543. The molecule has 0 amide bonds. The van der Waals surface area contributed by atoms with Gasteiger partial charge in [0.15, 0.2) is 0 Å². The lowest BCUT2D eigenvalue weighted by molar-refractivity contribution is 1.16. The van der Waals surface area contributed by atoms with Crippen LogP contribution in [0.2, 0.25) is 19.6 Å². The highest BCUT2D eigenvalue weighted by Crippen LogP contribution is 2.18. The van der Waals surface area contributed by atoms with E-state index >= 15 is 0 Å². The van der Waals surface area contributed by atoms with E-state index in [2.05, 4.69) is 48.0 Å². The molecule has 0 aliphatic heterocycles. The fraction of sp³-hybridized carbons (Fsp3) is 0.417. The first kappa shape index (κ1) is 12.5. The lowest BCUT2D eigenvalue weighted by atomic mass is 10.2. The first-order chi connectivity index (χ1) is 7.08. The van der Waals surface area contributed by atoms with Gasteiger partial charge in [0.05, 0.1) is 0 Å². The Morgan fingerprint density at radius 1 is 1.20 bits per heavy atom. The number of nitrogens with zero attached hydrogens (tertiary/aromatic N) is 1. The lowest BCUT2D eigenvalue weighted by Gasteiger charge is -2.13. The molecule has 82 valence electrons. The smallest absolute Gasteiger partial charge is 0.108 e. The van der Waals surface area contributed by atoms with Crippen molar-refractivity contribution in [2.75, 3.05) is 12.3 Å². The summed E-state index contributed by atoms with van der Waals surface area (Å²) < 4.78 is 0. The Balaban J connectivity index is 2.24. The van der Waals surface area contributed by atoms with Crippen molar-refractivity contribution >= 4 is 24.6 Å². The predicted octanol–water partition coefficient (Wildman–Crippen LogP) is 3.67. The van der Waals surface area contributed by atoms with Gasteiger partial charge in [0.2, 0.25) is 0 Å². The van der Waals surface area contributed by atoms with Crippen LogP contribution in [0.15, 0.2) is 35.3 Å². The van der Waals surface area contributed by atoms with Gasteiger partial charge in [0.25, 0.3) is 0 Å². The van der Waals surface area contributed by atoms with Gasteiger partial charge in [0.1, 0.15) is 7.22 Å². The third-order valence-corrected chi connectivity index (χ3v) is 6.26. The van der Waals surface area contributed by atoms with E-state index in [0.717, 1.165) is 12.3 Å². The molecule has 1 rings (SSSR count). The molecule has 0 aromatic heterocycles. The second-order valence-electron chi connectivity index (χ2n) is 4.41. The Morgan fingerprint density at radius 2 is 1.87 bits per heavy atom. The van der Waals surface area contributed by atoms with Gasteiger partial charge in [-0.3, -0.25) is 4.99 Å². The van der Waals surface area contributed by atoms with Crippen molar-refractivity contribution in [2.45, 2.75) is 19.6 Å². The zero-order chi connectivity index (χ0) is 11.1. The van der Waals surface area contributed by atoms with Crippen molar-refractivity contribution in [2.24, 2.45) is 4.99 Å². The second-order valence-corrected chi connectivity index (χ2v) is 13.9. The highest BCUT2D eigenvalue weighted by atomic mass is 32.4. The van der Waals surface area contributed by atoms with Crippen molar-refractivity contribution in [1.29, 1.82) is 0 Å². The topological polar surface area (TPSA) is 12.4 Å². The highest BCUT2D eigenvalue weighted by Gasteiger charge is 2.11. The molecular formula is C12H19NSSi. The van der Waals surface area contributed by atoms with E-state index in [1.807, 2.05) is 24.4 Å². The van der Waals surface area contributed by atoms with Crippen LogP contribution < -0.4 is 0 Å². The van der Waals surface area contributed by atoms with Crippen LogP contribution in [0.3, 0.4) is 0 Å². The van der Waals surface area contributed by atoms with E-state index in [-0.39, 0.29) is 0 Å². The molecule has 1 aromatic carbocycles. The van der Waals surface area contributed by atoms with Crippen LogP contribution in [0.5, 0.6) is 0 Å². The number of hydrogen-bond donors (Lipinski definition) is 0. The van der Waals surface area contributed by atoms with E-state index in [9.17, 15) is 0 Å². The molecule has 0 aliphatic rings. The molecule has 0 fully saturated rings. The van der Waals surface area contributed by atoms with Gasteiger partial charge < -0.3 is 0 Å². The van der Waals surface area contributed by atoms with Gasteiger partial charge in [-0.05, 0) is 5.56 Å². The molecule has 0 N–H and O–H groups in total. The van der Waals surface area contributed by atoms with Gasteiger partial charge in [-0.2, -0.15) is 11.2 Å². The summed E-state index contributed by atoms with van der Waals surface area (Å²) in [4.78, 5) is 4.42. The molecule has 0 aliphatic carbocycles. The van der Waals surface area contributed by atoms with Crippen LogP contribution in [0.4, 0.5) is 0 Å². The third-order valence-electron chi connectivity index (χ3n) is 1.80. The Morgan fingerprint density at radius 3 is 2.47 bits per heavy atom. The Bertz CT molecular complexity index is 303. The minimum Gasteiger partial charge on any atom is -0.292 e. The van der Waals surface area contributed by atoms with E-state index < -0.39 is 7.22 Å². The van der Waals surface area contributed by atoms with Crippen LogP contribution in [0.25, 0.3) is 0 Å². The van der Waals surface area contributed by atoms with Crippen molar-refractivity contribution < 1.29 is 0 Å². The average Bonchev–Trinajstić information content (AvgIpc) is 2.17. The molecule has 0 unspecified atom stereocenters. The van der Waals surface area contributed by atoms with E-state index in [1.54, 1.807) is 0 Å². The summed E-state index contributed by atoms with van der Waals surface area (Å²) in [6, 6.07) is 10.3. The molecule has 0 spiro atoms. The van der Waals surface area contributed by atoms with Crippen molar-refractivity contribution in [3.63, 3.8) is 0 Å². The van der Waals surface area contributed by atoms with Gasteiger partial charge >= 0.3 is 0 Å². The standard InChI is InChI=1S/C12H19NSSi/c1-15(2,3)14-10-9-13-11-12-7-5-4-6-8-12/h4-8,11H,9-10H2,1-3H3. The molecule has 15 heavy (non-hydrogen) atoms. The number of rotatable bonds is 5. The molecule has 0 saturated heterocycles. The number of benzene rings is 1. The predicted molar refractivity (Wildman–Crippen MR) is 74.7 cm³/mol. The summed E-state index contributed by atoms with van der Waals surface area (Å²) in [5.74, 6) is 1.15. The van der Waals surface area contributed by atoms with Crippen LogP contribution >= 0.6 is 11.2 Å². The quantitative estimate of drug-likeness (QED) is 0.432. The third kappa shape index (κ3) is 6.52. The second kappa shape index (κ2) is 6.13. The molecule has 0 bridgehead atoms. The molecule has 0 atom stereocenters. The lowest BCUT2D eigenvalue weighted by Crippen LogP contribution is -2.15. The normalized spacial score (nSPS) is 12.2. The number of hydrogen-bond acceptors (Lipinski definition) is 2. The van der Waals surface area contributed by atoms with E-state index in [4.69, 9.17) is 0 Å². The van der Waals surface area contributed by atoms with Crippen LogP contribution in [-0.4, -0.2) is 25.7 Å². The van der Waals surface area contributed by atoms with Gasteiger partial charge in [0, 0.05) is 18.5 Å². The summed E-state index contributed by atoms with van der Waals surface area (Å²) in [6.45, 7) is 8.06. The van der Waals surface area contributed by atoms with Crippen LogP contribution in [0, 0.1) is 0 Å². The Kier molecular flexibility index (Phi) is 5.12. The van der Waals surface area contributed by atoms with Crippen LogP contribution in [-0.2, 0) is 0 Å². The maximum absolute atomic E-state index is 4.42. The van der Waals surface area contributed by atoms with Gasteiger partial charge in [-0.15, -0.1) is 0 Å². The zero-order valence-electron chi connectivity index (χ0n) is 9.73. The monoisotopic (exact) mass is 237 g/mol. The molecule has 0 saturated carbocycles. The first-order valence-corrected chi connectivity index (χ1v) is 10.5. The van der Waals surface area contributed by atoms with E-state index in [0.29, 0.717) is 0 Å². The summed E-state index contributed by atoms with van der Waals surface area (Å²) in [7, 11) is -0.944. The molecule has 1 nitrogen and oxygen atoms in total. The summed E-state index contributed by atoms with van der Waals surface area (Å²) in [5, 5.41) is 0. The van der Waals surface area contributed by atoms with Crippen LogP contribution in [0.1, 0.15) is 5.56 Å². The fourth-order valence-corrected chi connectivity index (χ4v) is 4.03. The highest BCUT2D eigenvalue weighted by molar-refractivity contribution is 8.28. The Labute approximate surface area is 97.7 Å². The molecule has 3 heteroatoms. The minimum absolute atomic E-state index is 0.934. The summed E-state index contributed by atoms with van der Waals surface area (Å²) in [6.07, 6.45) is 1.96. The van der Waals surface area contributed by atoms with Gasteiger partial charge in [-0.25, -0.2) is 0 Å². The van der Waals surface area contributed by atoms with E-state index in [1.165, 1.54) is 5.56 Å². The molecule has 1 aromatic rings. The fourth-order valence-electron chi connectivity index (χ4n) is 1.11. The molecule has 0 heterocycles.